The number of amides is 2. The Morgan fingerprint density at radius 2 is 1.93 bits per heavy atom. The molecule has 0 aliphatic carbocycles. The minimum atomic E-state index is -0.407. The molecule has 156 valence electrons. The smallest absolute Gasteiger partial charge is 0.336 e. The van der Waals surface area contributed by atoms with Crippen molar-refractivity contribution in [2.45, 2.75) is 13.5 Å². The van der Waals surface area contributed by atoms with E-state index in [4.69, 9.17) is 4.42 Å². The number of anilines is 2. The van der Waals surface area contributed by atoms with Gasteiger partial charge in [0.1, 0.15) is 11.4 Å². The van der Waals surface area contributed by atoms with Crippen LogP contribution in [0.15, 0.2) is 51.8 Å². The molecular formula is C22H25N5O3. The average molecular weight is 407 g/mol. The molecule has 1 aliphatic rings. The number of pyridine rings is 1. The van der Waals surface area contributed by atoms with Gasteiger partial charge in [-0.15, -0.1) is 0 Å². The highest BCUT2D eigenvalue weighted by Crippen LogP contribution is 2.20. The first-order valence-electron chi connectivity index (χ1n) is 9.96. The highest BCUT2D eigenvalue weighted by atomic mass is 16.4. The van der Waals surface area contributed by atoms with Gasteiger partial charge in [0.15, 0.2) is 0 Å². The van der Waals surface area contributed by atoms with Gasteiger partial charge in [-0.25, -0.2) is 14.6 Å². The van der Waals surface area contributed by atoms with Crippen molar-refractivity contribution in [2.75, 3.05) is 43.4 Å². The SMILES string of the molecule is Cc1cc(=O)oc2cc(NC(=O)NCc3ccnc(N4CCN(C)CC4)c3)ccc12. The number of hydrogen-bond donors (Lipinski definition) is 2. The molecule has 0 atom stereocenters. The highest BCUT2D eigenvalue weighted by Gasteiger charge is 2.15. The lowest BCUT2D eigenvalue weighted by molar-refractivity contribution is 0.251. The Morgan fingerprint density at radius 1 is 1.13 bits per heavy atom. The summed E-state index contributed by atoms with van der Waals surface area (Å²) in [5, 5.41) is 6.48. The fraction of sp³-hybridized carbons (Fsp3) is 0.318. The number of aryl methyl sites for hydroxylation is 1. The molecule has 1 saturated heterocycles. The first-order valence-corrected chi connectivity index (χ1v) is 9.96. The topological polar surface area (TPSA) is 90.7 Å². The molecule has 0 unspecified atom stereocenters. The molecule has 3 heterocycles. The molecule has 2 aromatic heterocycles. The van der Waals surface area contributed by atoms with E-state index in [1.807, 2.05) is 25.1 Å². The molecule has 3 aromatic rings. The predicted molar refractivity (Wildman–Crippen MR) is 117 cm³/mol. The van der Waals surface area contributed by atoms with Crippen molar-refractivity contribution in [3.05, 3.63) is 64.1 Å². The van der Waals surface area contributed by atoms with E-state index in [0.29, 0.717) is 17.8 Å². The van der Waals surface area contributed by atoms with Crippen molar-refractivity contribution in [2.24, 2.45) is 0 Å². The molecular weight excluding hydrogens is 382 g/mol. The molecule has 30 heavy (non-hydrogen) atoms. The largest absolute Gasteiger partial charge is 0.423 e. The van der Waals surface area contributed by atoms with Crippen LogP contribution in [-0.2, 0) is 6.54 Å². The van der Waals surface area contributed by atoms with Crippen molar-refractivity contribution in [3.8, 4) is 0 Å². The second-order valence-electron chi connectivity index (χ2n) is 7.58. The van der Waals surface area contributed by atoms with Gasteiger partial charge in [-0.2, -0.15) is 0 Å². The zero-order chi connectivity index (χ0) is 21.1. The molecule has 0 bridgehead atoms. The summed E-state index contributed by atoms with van der Waals surface area (Å²) in [7, 11) is 2.12. The van der Waals surface area contributed by atoms with Gasteiger partial charge in [-0.1, -0.05) is 0 Å². The third-order valence-corrected chi connectivity index (χ3v) is 5.30. The Morgan fingerprint density at radius 3 is 2.73 bits per heavy atom. The summed E-state index contributed by atoms with van der Waals surface area (Å²) in [6.07, 6.45) is 1.77. The van der Waals surface area contributed by atoms with Crippen molar-refractivity contribution < 1.29 is 9.21 Å². The van der Waals surface area contributed by atoms with Crippen LogP contribution in [0.25, 0.3) is 11.0 Å². The standard InChI is InChI=1S/C22H25N5O3/c1-15-11-21(28)30-19-13-17(3-4-18(15)19)25-22(29)24-14-16-5-6-23-20(12-16)27-9-7-26(2)8-10-27/h3-6,11-13H,7-10,14H2,1-2H3,(H2,24,25,29). The summed E-state index contributed by atoms with van der Waals surface area (Å²) in [5.74, 6) is 0.933. The molecule has 8 heteroatoms. The number of nitrogens with zero attached hydrogens (tertiary/aromatic N) is 3. The van der Waals surface area contributed by atoms with Gasteiger partial charge in [0.2, 0.25) is 0 Å². The van der Waals surface area contributed by atoms with Crippen LogP contribution in [0.4, 0.5) is 16.3 Å². The molecule has 2 N–H and O–H groups in total. The number of carbonyl (C=O) groups is 1. The summed E-state index contributed by atoms with van der Waals surface area (Å²) in [5.41, 5.74) is 2.42. The molecule has 1 aliphatic heterocycles. The maximum absolute atomic E-state index is 12.3. The first-order chi connectivity index (χ1) is 14.5. The van der Waals surface area contributed by atoms with Gasteiger partial charge in [0, 0.05) is 62.1 Å². The van der Waals surface area contributed by atoms with Gasteiger partial charge in [0.05, 0.1) is 0 Å². The van der Waals surface area contributed by atoms with Crippen molar-refractivity contribution in [3.63, 3.8) is 0 Å². The third kappa shape index (κ3) is 4.60. The quantitative estimate of drug-likeness (QED) is 0.646. The highest BCUT2D eigenvalue weighted by molar-refractivity contribution is 5.92. The first kappa shape index (κ1) is 19.9. The summed E-state index contributed by atoms with van der Waals surface area (Å²) in [6, 6.07) is 10.3. The summed E-state index contributed by atoms with van der Waals surface area (Å²) in [4.78, 5) is 32.9. The van der Waals surface area contributed by atoms with E-state index in [2.05, 4.69) is 32.5 Å². The van der Waals surface area contributed by atoms with Crippen LogP contribution in [0.2, 0.25) is 0 Å². The van der Waals surface area contributed by atoms with E-state index >= 15 is 0 Å². The van der Waals surface area contributed by atoms with Crippen molar-refractivity contribution in [1.29, 1.82) is 0 Å². The number of likely N-dealkylation sites (N-methyl/N-ethyl adjacent to an activating group) is 1. The Labute approximate surface area is 174 Å². The average Bonchev–Trinajstić information content (AvgIpc) is 2.72. The number of nitrogens with one attached hydrogen (secondary N) is 2. The van der Waals surface area contributed by atoms with Gasteiger partial charge in [-0.05, 0) is 49.4 Å². The molecule has 2 amide bonds. The van der Waals surface area contributed by atoms with Gasteiger partial charge in [-0.3, -0.25) is 0 Å². The second kappa shape index (κ2) is 8.54. The molecule has 1 aromatic carbocycles. The Kier molecular flexibility index (Phi) is 5.67. The molecule has 1 fully saturated rings. The third-order valence-electron chi connectivity index (χ3n) is 5.30. The van der Waals surface area contributed by atoms with E-state index in [1.165, 1.54) is 6.07 Å². The zero-order valence-electron chi connectivity index (χ0n) is 17.1. The number of urea groups is 1. The number of piperazine rings is 1. The lowest BCUT2D eigenvalue weighted by atomic mass is 10.1. The van der Waals surface area contributed by atoms with E-state index < -0.39 is 5.63 Å². The summed E-state index contributed by atoms with van der Waals surface area (Å²) in [6.45, 7) is 6.15. The van der Waals surface area contributed by atoms with Crippen LogP contribution in [-0.4, -0.2) is 49.1 Å². The molecule has 8 nitrogen and oxygen atoms in total. The minimum absolute atomic E-state index is 0.331. The number of fused-ring (bicyclic) bond motifs is 1. The van der Waals surface area contributed by atoms with E-state index in [-0.39, 0.29) is 6.03 Å². The molecule has 0 saturated carbocycles. The van der Waals surface area contributed by atoms with E-state index in [9.17, 15) is 9.59 Å². The fourth-order valence-corrected chi connectivity index (χ4v) is 3.54. The Bertz CT molecular complexity index is 1120. The molecule has 0 spiro atoms. The lowest BCUT2D eigenvalue weighted by Gasteiger charge is -2.33. The summed E-state index contributed by atoms with van der Waals surface area (Å²) < 4.78 is 5.23. The van der Waals surface area contributed by atoms with Crippen LogP contribution in [0.1, 0.15) is 11.1 Å². The summed E-state index contributed by atoms with van der Waals surface area (Å²) >= 11 is 0. The minimum Gasteiger partial charge on any atom is -0.423 e. The van der Waals surface area contributed by atoms with Gasteiger partial charge < -0.3 is 24.9 Å². The number of rotatable bonds is 4. The lowest BCUT2D eigenvalue weighted by Crippen LogP contribution is -2.44. The van der Waals surface area contributed by atoms with Crippen LogP contribution >= 0.6 is 0 Å². The Hall–Kier alpha value is -3.39. The van der Waals surface area contributed by atoms with Crippen LogP contribution in [0, 0.1) is 6.92 Å². The monoisotopic (exact) mass is 407 g/mol. The number of aromatic nitrogens is 1. The van der Waals surface area contributed by atoms with Crippen LogP contribution < -0.4 is 21.2 Å². The van der Waals surface area contributed by atoms with Crippen molar-refractivity contribution in [1.82, 2.24) is 15.2 Å². The predicted octanol–water partition coefficient (Wildman–Crippen LogP) is 2.57. The van der Waals surface area contributed by atoms with Crippen LogP contribution in [0.3, 0.4) is 0 Å². The maximum Gasteiger partial charge on any atom is 0.336 e. The fourth-order valence-electron chi connectivity index (χ4n) is 3.54. The van der Waals surface area contributed by atoms with Gasteiger partial charge >= 0.3 is 11.7 Å². The maximum atomic E-state index is 12.3. The molecule has 4 rings (SSSR count). The molecule has 0 radical (unpaired) electrons. The van der Waals surface area contributed by atoms with Crippen molar-refractivity contribution >= 4 is 28.5 Å². The Balaban J connectivity index is 1.37. The number of benzene rings is 1. The number of carbonyl (C=O) groups excluding carboxylic acids is 1. The number of hydrogen-bond acceptors (Lipinski definition) is 6. The second-order valence-corrected chi connectivity index (χ2v) is 7.58. The van der Waals surface area contributed by atoms with Crippen LogP contribution in [0.5, 0.6) is 0 Å². The van der Waals surface area contributed by atoms with Gasteiger partial charge in [0.25, 0.3) is 0 Å². The normalized spacial score (nSPS) is 14.7. The zero-order valence-corrected chi connectivity index (χ0v) is 17.1. The van der Waals surface area contributed by atoms with E-state index in [1.54, 1.807) is 18.3 Å². The van der Waals surface area contributed by atoms with E-state index in [0.717, 1.165) is 48.5 Å².